The van der Waals surface area contributed by atoms with Gasteiger partial charge in [0.1, 0.15) is 6.04 Å². The minimum Gasteiger partial charge on any atom is -0.491 e. The van der Waals surface area contributed by atoms with Crippen molar-refractivity contribution >= 4 is 11.6 Å². The van der Waals surface area contributed by atoms with Gasteiger partial charge in [0, 0.05) is 30.9 Å². The van der Waals surface area contributed by atoms with E-state index in [1.54, 1.807) is 0 Å². The van der Waals surface area contributed by atoms with Crippen LogP contribution in [-0.4, -0.2) is 31.0 Å². The van der Waals surface area contributed by atoms with Crippen molar-refractivity contribution in [1.29, 1.82) is 0 Å². The lowest BCUT2D eigenvalue weighted by atomic mass is 10.0. The summed E-state index contributed by atoms with van der Waals surface area (Å²) in [5.74, 6) is -2.15. The molecule has 1 heterocycles. The third-order valence-corrected chi connectivity index (χ3v) is 4.56. The van der Waals surface area contributed by atoms with Crippen LogP contribution >= 0.6 is 0 Å². The number of hydrogen-bond acceptors (Lipinski definition) is 3. The Kier molecular flexibility index (Phi) is 5.71. The number of anilines is 1. The summed E-state index contributed by atoms with van der Waals surface area (Å²) in [5, 5.41) is 3.00. The Hall–Kier alpha value is -2.63. The monoisotopic (exact) mass is 360 g/mol. The largest absolute Gasteiger partial charge is 0.491 e. The minimum absolute atomic E-state index is 0.0902. The van der Waals surface area contributed by atoms with Crippen LogP contribution in [0.25, 0.3) is 0 Å². The van der Waals surface area contributed by atoms with Crippen LogP contribution in [0.1, 0.15) is 30.9 Å². The fourth-order valence-corrected chi connectivity index (χ4v) is 3.23. The molecule has 0 spiro atoms. The van der Waals surface area contributed by atoms with Gasteiger partial charge in [-0.1, -0.05) is 30.3 Å². The van der Waals surface area contributed by atoms with Crippen LogP contribution in [-0.2, 0) is 4.79 Å². The molecule has 1 aliphatic rings. The molecule has 26 heavy (non-hydrogen) atoms. The number of piperidine rings is 1. The highest BCUT2D eigenvalue weighted by atomic mass is 19.1. The molecule has 0 aliphatic carbocycles. The number of amides is 1. The van der Waals surface area contributed by atoms with Gasteiger partial charge in [0.05, 0.1) is 7.11 Å². The molecule has 4 nitrogen and oxygen atoms in total. The second-order valence-corrected chi connectivity index (χ2v) is 6.35. The molecule has 1 fully saturated rings. The van der Waals surface area contributed by atoms with E-state index in [1.165, 1.54) is 7.11 Å². The molecule has 0 unspecified atom stereocenters. The molecule has 0 aromatic heterocycles. The maximum absolute atomic E-state index is 14.0. The Bertz CT molecular complexity index is 739. The number of benzene rings is 2. The molecule has 0 radical (unpaired) electrons. The number of methoxy groups -OCH3 is 1. The van der Waals surface area contributed by atoms with E-state index in [0.717, 1.165) is 37.0 Å². The summed E-state index contributed by atoms with van der Waals surface area (Å²) >= 11 is 0. The topological polar surface area (TPSA) is 41.6 Å². The van der Waals surface area contributed by atoms with E-state index >= 15 is 0 Å². The van der Waals surface area contributed by atoms with E-state index < -0.39 is 23.4 Å². The molecule has 1 atom stereocenters. The number of nitrogens with zero attached hydrogens (tertiary/aromatic N) is 1. The van der Waals surface area contributed by atoms with Gasteiger partial charge in [-0.2, -0.15) is 0 Å². The average molecular weight is 360 g/mol. The molecule has 1 N–H and O–H groups in total. The first-order valence-electron chi connectivity index (χ1n) is 8.73. The smallest absolute Gasteiger partial charge is 0.249 e. The fourth-order valence-electron chi connectivity index (χ4n) is 3.23. The zero-order valence-electron chi connectivity index (χ0n) is 14.7. The molecule has 1 aliphatic heterocycles. The molecule has 3 rings (SSSR count). The number of carbonyl (C=O) groups is 1. The van der Waals surface area contributed by atoms with E-state index in [1.807, 2.05) is 35.2 Å². The Balaban J connectivity index is 1.90. The summed E-state index contributed by atoms with van der Waals surface area (Å²) in [6.07, 6.45) is 3.06. The lowest BCUT2D eigenvalue weighted by molar-refractivity contribution is -0.133. The number of nitrogens with one attached hydrogen (secondary N) is 1. The quantitative estimate of drug-likeness (QED) is 0.871. The van der Waals surface area contributed by atoms with Crippen LogP contribution in [0.4, 0.5) is 14.5 Å². The second-order valence-electron chi connectivity index (χ2n) is 6.35. The molecule has 0 bridgehead atoms. The number of halogens is 2. The third-order valence-electron chi connectivity index (χ3n) is 4.56. The van der Waals surface area contributed by atoms with Crippen molar-refractivity contribution in [2.24, 2.45) is 0 Å². The molecular weight excluding hydrogens is 338 g/mol. The van der Waals surface area contributed by atoms with Gasteiger partial charge < -0.3 is 15.0 Å². The van der Waals surface area contributed by atoms with Crippen LogP contribution in [0, 0.1) is 11.6 Å². The van der Waals surface area contributed by atoms with Gasteiger partial charge in [0.25, 0.3) is 0 Å². The van der Waals surface area contributed by atoms with E-state index in [-0.39, 0.29) is 11.6 Å². The number of carbonyl (C=O) groups excluding carboxylic acids is 1. The first-order chi connectivity index (χ1) is 12.6. The number of rotatable bonds is 5. The van der Waals surface area contributed by atoms with Crippen molar-refractivity contribution in [2.45, 2.75) is 25.3 Å². The first-order valence-corrected chi connectivity index (χ1v) is 8.73. The average Bonchev–Trinajstić information content (AvgIpc) is 2.67. The molecule has 1 amide bonds. The van der Waals surface area contributed by atoms with Crippen molar-refractivity contribution in [1.82, 2.24) is 4.90 Å². The van der Waals surface area contributed by atoms with Crippen LogP contribution in [0.3, 0.4) is 0 Å². The first kappa shape index (κ1) is 18.2. The predicted octanol–water partition coefficient (Wildman–Crippen LogP) is 4.14. The third kappa shape index (κ3) is 3.95. The summed E-state index contributed by atoms with van der Waals surface area (Å²) in [5.41, 5.74) is 0.944. The van der Waals surface area contributed by atoms with Gasteiger partial charge in [0.15, 0.2) is 17.4 Å². The number of ether oxygens (including phenoxy) is 1. The standard InChI is InChI=1S/C20H22F2N2O2/c1-26-19-16(21)12-15(13-17(19)22)23-18(14-8-4-2-5-9-14)20(25)24-10-6-3-7-11-24/h2,4-5,8-9,12-13,18,23H,3,6-7,10-11H2,1H3/t18-/m1/s1. The van der Waals surface area contributed by atoms with Gasteiger partial charge in [-0.05, 0) is 24.8 Å². The number of likely N-dealkylation sites (tertiary alicyclic amines) is 1. The SMILES string of the molecule is COc1c(F)cc(N[C@@H](C(=O)N2CCCCC2)c2ccccc2)cc1F. The zero-order valence-corrected chi connectivity index (χ0v) is 14.7. The highest BCUT2D eigenvalue weighted by molar-refractivity contribution is 5.86. The molecule has 138 valence electrons. The van der Waals surface area contributed by atoms with Crippen molar-refractivity contribution < 1.29 is 18.3 Å². The Morgan fingerprint density at radius 1 is 1.08 bits per heavy atom. The summed E-state index contributed by atoms with van der Waals surface area (Å²) in [6.45, 7) is 1.41. The van der Waals surface area contributed by atoms with Gasteiger partial charge in [0.2, 0.25) is 5.91 Å². The van der Waals surface area contributed by atoms with Gasteiger partial charge in [-0.3, -0.25) is 4.79 Å². The van der Waals surface area contributed by atoms with E-state index in [9.17, 15) is 13.6 Å². The van der Waals surface area contributed by atoms with Gasteiger partial charge >= 0.3 is 0 Å². The van der Waals surface area contributed by atoms with Gasteiger partial charge in [-0.25, -0.2) is 8.78 Å². The van der Waals surface area contributed by atoms with Crippen LogP contribution in [0.15, 0.2) is 42.5 Å². The summed E-state index contributed by atoms with van der Waals surface area (Å²) < 4.78 is 32.7. The Morgan fingerprint density at radius 2 is 1.69 bits per heavy atom. The van der Waals surface area contributed by atoms with Crippen LogP contribution < -0.4 is 10.1 Å². The number of hydrogen-bond donors (Lipinski definition) is 1. The lowest BCUT2D eigenvalue weighted by Crippen LogP contribution is -2.41. The van der Waals surface area contributed by atoms with Crippen molar-refractivity contribution in [3.05, 3.63) is 59.7 Å². The second kappa shape index (κ2) is 8.17. The summed E-state index contributed by atoms with van der Waals surface area (Å²) in [4.78, 5) is 14.9. The van der Waals surface area contributed by atoms with Gasteiger partial charge in [-0.15, -0.1) is 0 Å². The zero-order chi connectivity index (χ0) is 18.5. The molecule has 2 aromatic rings. The van der Waals surface area contributed by atoms with Crippen molar-refractivity contribution in [2.75, 3.05) is 25.5 Å². The molecule has 2 aromatic carbocycles. The lowest BCUT2D eigenvalue weighted by Gasteiger charge is -2.31. The Morgan fingerprint density at radius 3 is 2.27 bits per heavy atom. The van der Waals surface area contributed by atoms with E-state index in [2.05, 4.69) is 5.32 Å². The molecular formula is C20H22F2N2O2. The highest BCUT2D eigenvalue weighted by Crippen LogP contribution is 2.29. The molecule has 6 heteroatoms. The van der Waals surface area contributed by atoms with Crippen LogP contribution in [0.2, 0.25) is 0 Å². The van der Waals surface area contributed by atoms with E-state index in [0.29, 0.717) is 13.1 Å². The summed E-state index contributed by atoms with van der Waals surface area (Å²) in [6, 6.07) is 10.8. The predicted molar refractivity (Wildman–Crippen MR) is 96.1 cm³/mol. The maximum Gasteiger partial charge on any atom is 0.249 e. The minimum atomic E-state index is -0.813. The molecule has 1 saturated heterocycles. The normalized spacial score (nSPS) is 15.4. The molecule has 0 saturated carbocycles. The highest BCUT2D eigenvalue weighted by Gasteiger charge is 2.27. The fraction of sp³-hybridized carbons (Fsp3) is 0.350. The van der Waals surface area contributed by atoms with E-state index in [4.69, 9.17) is 4.74 Å². The summed E-state index contributed by atoms with van der Waals surface area (Å²) in [7, 11) is 1.21. The van der Waals surface area contributed by atoms with Crippen molar-refractivity contribution in [3.8, 4) is 5.75 Å². The van der Waals surface area contributed by atoms with Crippen molar-refractivity contribution in [3.63, 3.8) is 0 Å². The maximum atomic E-state index is 14.0. The Labute approximate surface area is 151 Å². The van der Waals surface area contributed by atoms with Crippen LogP contribution in [0.5, 0.6) is 5.75 Å².